The summed E-state index contributed by atoms with van der Waals surface area (Å²) in [6.07, 6.45) is 6.82. The number of hydrogen-bond acceptors (Lipinski definition) is 6. The number of aromatic nitrogens is 3. The molecule has 1 unspecified atom stereocenters. The van der Waals surface area contributed by atoms with Gasteiger partial charge in [-0.05, 0) is 55.7 Å². The van der Waals surface area contributed by atoms with Gasteiger partial charge in [-0.1, -0.05) is 25.0 Å². The molecule has 0 aliphatic carbocycles. The van der Waals surface area contributed by atoms with Crippen LogP contribution in [0.5, 0.6) is 5.75 Å². The first kappa shape index (κ1) is 23.9. The molecule has 1 aliphatic heterocycles. The minimum atomic E-state index is -3.69. The fourth-order valence-electron chi connectivity index (χ4n) is 4.07. The van der Waals surface area contributed by atoms with Crippen LogP contribution in [0, 0.1) is 0 Å². The van der Waals surface area contributed by atoms with E-state index in [1.807, 2.05) is 31.2 Å². The molecule has 3 aromatic rings. The molecule has 1 fully saturated rings. The minimum Gasteiger partial charge on any atom is -0.496 e. The van der Waals surface area contributed by atoms with Gasteiger partial charge < -0.3 is 10.1 Å². The lowest BCUT2D eigenvalue weighted by atomic mass is 10.1. The Morgan fingerprint density at radius 3 is 2.38 bits per heavy atom. The highest BCUT2D eigenvalue weighted by molar-refractivity contribution is 7.89. The highest BCUT2D eigenvalue weighted by atomic mass is 32.2. The lowest BCUT2D eigenvalue weighted by molar-refractivity contribution is 0.0936. The highest BCUT2D eigenvalue weighted by Crippen LogP contribution is 2.27. The maximum atomic E-state index is 13.2. The van der Waals surface area contributed by atoms with Crippen molar-refractivity contribution >= 4 is 15.9 Å². The van der Waals surface area contributed by atoms with Crippen molar-refractivity contribution in [2.24, 2.45) is 0 Å². The average molecular weight is 484 g/mol. The van der Waals surface area contributed by atoms with Crippen molar-refractivity contribution in [2.45, 2.75) is 43.5 Å². The van der Waals surface area contributed by atoms with Gasteiger partial charge in [-0.25, -0.2) is 18.1 Å². The van der Waals surface area contributed by atoms with Gasteiger partial charge in [0, 0.05) is 13.1 Å². The number of carbonyl (C=O) groups is 1. The molecule has 10 heteroatoms. The van der Waals surface area contributed by atoms with E-state index < -0.39 is 15.9 Å². The Morgan fingerprint density at radius 1 is 1.06 bits per heavy atom. The van der Waals surface area contributed by atoms with E-state index in [2.05, 4.69) is 15.4 Å². The lowest BCUT2D eigenvalue weighted by Gasteiger charge is -2.21. The molecule has 9 nitrogen and oxygen atoms in total. The van der Waals surface area contributed by atoms with E-state index in [4.69, 9.17) is 4.74 Å². The summed E-state index contributed by atoms with van der Waals surface area (Å²) >= 11 is 0. The van der Waals surface area contributed by atoms with Crippen LogP contribution >= 0.6 is 0 Å². The number of hydrogen-bond donors (Lipinski definition) is 1. The average Bonchev–Trinajstić information content (AvgIpc) is 3.25. The van der Waals surface area contributed by atoms with Crippen molar-refractivity contribution in [3.63, 3.8) is 0 Å². The molecule has 1 aliphatic rings. The van der Waals surface area contributed by atoms with E-state index in [9.17, 15) is 13.2 Å². The monoisotopic (exact) mass is 483 g/mol. The van der Waals surface area contributed by atoms with E-state index in [0.717, 1.165) is 36.9 Å². The second-order valence-corrected chi connectivity index (χ2v) is 10.2. The van der Waals surface area contributed by atoms with Gasteiger partial charge in [0.05, 0.1) is 29.3 Å². The molecule has 2 heterocycles. The van der Waals surface area contributed by atoms with E-state index in [0.29, 0.717) is 18.8 Å². The van der Waals surface area contributed by atoms with Gasteiger partial charge >= 0.3 is 0 Å². The minimum absolute atomic E-state index is 0.102. The summed E-state index contributed by atoms with van der Waals surface area (Å²) in [5.74, 6) is -0.0846. The molecule has 0 bridgehead atoms. The van der Waals surface area contributed by atoms with Crippen molar-refractivity contribution in [1.82, 2.24) is 24.4 Å². The maximum absolute atomic E-state index is 13.2. The fourth-order valence-corrected chi connectivity index (χ4v) is 5.61. The number of amides is 1. The van der Waals surface area contributed by atoms with Crippen LogP contribution in [0.25, 0.3) is 5.69 Å². The molecule has 0 saturated carbocycles. The van der Waals surface area contributed by atoms with Gasteiger partial charge in [-0.2, -0.15) is 9.40 Å². The number of methoxy groups -OCH3 is 1. The predicted molar refractivity (Wildman–Crippen MR) is 127 cm³/mol. The molecule has 180 valence electrons. The Morgan fingerprint density at radius 2 is 1.76 bits per heavy atom. The van der Waals surface area contributed by atoms with Crippen LogP contribution in [0.3, 0.4) is 0 Å². The van der Waals surface area contributed by atoms with E-state index in [1.165, 1.54) is 35.9 Å². The predicted octanol–water partition coefficient (Wildman–Crippen LogP) is 3.33. The summed E-state index contributed by atoms with van der Waals surface area (Å²) in [5, 5.41) is 7.05. The van der Waals surface area contributed by atoms with E-state index >= 15 is 0 Å². The first-order valence-corrected chi connectivity index (χ1v) is 12.8. The lowest BCUT2D eigenvalue weighted by Crippen LogP contribution is -2.32. The van der Waals surface area contributed by atoms with Crippen LogP contribution in [0.15, 0.2) is 60.0 Å². The standard InChI is InChI=1S/C24H29N5O4S/c1-18(19-7-9-20(10-8-19)29-17-25-16-26-29)27-24(30)22-15-21(11-12-23(22)33-2)34(31,32)28-13-5-3-4-6-14-28/h7-12,15-18H,3-6,13-14H2,1-2H3,(H,27,30). The van der Waals surface area contributed by atoms with E-state index in [-0.39, 0.29) is 16.5 Å². The molecule has 1 amide bonds. The van der Waals surface area contributed by atoms with Crippen molar-refractivity contribution in [3.05, 3.63) is 66.2 Å². The smallest absolute Gasteiger partial charge is 0.255 e. The van der Waals surface area contributed by atoms with Gasteiger partial charge in [-0.3, -0.25) is 4.79 Å². The molecule has 34 heavy (non-hydrogen) atoms. The Bertz CT molecular complexity index is 1220. The third-order valence-electron chi connectivity index (χ3n) is 6.04. The topological polar surface area (TPSA) is 106 Å². The Balaban J connectivity index is 1.54. The Kier molecular flexibility index (Phi) is 7.28. The number of carbonyl (C=O) groups excluding carboxylic acids is 1. The number of sulfonamides is 1. The molecule has 1 aromatic heterocycles. The van der Waals surface area contributed by atoms with E-state index in [1.54, 1.807) is 11.0 Å². The van der Waals surface area contributed by atoms with Crippen LogP contribution in [0.4, 0.5) is 0 Å². The zero-order valence-electron chi connectivity index (χ0n) is 19.3. The third kappa shape index (κ3) is 5.13. The van der Waals surface area contributed by atoms with Gasteiger partial charge in [-0.15, -0.1) is 0 Å². The zero-order valence-corrected chi connectivity index (χ0v) is 20.2. The Hall–Kier alpha value is -3.24. The van der Waals surface area contributed by atoms with Gasteiger partial charge in [0.1, 0.15) is 18.4 Å². The van der Waals surface area contributed by atoms with Crippen molar-refractivity contribution in [3.8, 4) is 11.4 Å². The summed E-state index contributed by atoms with van der Waals surface area (Å²) in [6.45, 7) is 2.86. The molecule has 2 aromatic carbocycles. The molecule has 1 atom stereocenters. The van der Waals surface area contributed by atoms with Crippen LogP contribution in [0.2, 0.25) is 0 Å². The molecule has 1 N–H and O–H groups in total. The van der Waals surface area contributed by atoms with Crippen LogP contribution in [0.1, 0.15) is 54.6 Å². The van der Waals surface area contributed by atoms with Gasteiger partial charge in [0.2, 0.25) is 10.0 Å². The van der Waals surface area contributed by atoms with Crippen LogP contribution in [-0.4, -0.2) is 53.6 Å². The summed E-state index contributed by atoms with van der Waals surface area (Å²) in [5.41, 5.74) is 1.93. The van der Waals surface area contributed by atoms with Crippen molar-refractivity contribution in [2.75, 3.05) is 20.2 Å². The number of nitrogens with zero attached hydrogens (tertiary/aromatic N) is 4. The first-order valence-electron chi connectivity index (χ1n) is 11.3. The number of benzene rings is 2. The summed E-state index contributed by atoms with van der Waals surface area (Å²) in [4.78, 5) is 17.2. The number of rotatable bonds is 7. The molecule has 0 spiro atoms. The largest absolute Gasteiger partial charge is 0.496 e. The van der Waals surface area contributed by atoms with Crippen LogP contribution < -0.4 is 10.1 Å². The third-order valence-corrected chi connectivity index (χ3v) is 7.94. The molecular weight excluding hydrogens is 454 g/mol. The molecule has 4 rings (SSSR count). The highest BCUT2D eigenvalue weighted by Gasteiger charge is 2.27. The summed E-state index contributed by atoms with van der Waals surface area (Å²) < 4.78 is 35.0. The first-order chi connectivity index (χ1) is 16.4. The number of ether oxygens (including phenoxy) is 1. The molecule has 1 saturated heterocycles. The van der Waals surface area contributed by atoms with Gasteiger partial charge in [0.15, 0.2) is 0 Å². The van der Waals surface area contributed by atoms with Crippen molar-refractivity contribution < 1.29 is 17.9 Å². The summed E-state index contributed by atoms with van der Waals surface area (Å²) in [6, 6.07) is 11.7. The molecule has 0 radical (unpaired) electrons. The van der Waals surface area contributed by atoms with Crippen molar-refractivity contribution in [1.29, 1.82) is 0 Å². The van der Waals surface area contributed by atoms with Gasteiger partial charge in [0.25, 0.3) is 5.91 Å². The number of nitrogens with one attached hydrogen (secondary N) is 1. The fraction of sp³-hybridized carbons (Fsp3) is 0.375. The van der Waals surface area contributed by atoms with Crippen LogP contribution in [-0.2, 0) is 10.0 Å². The second kappa shape index (κ2) is 10.4. The maximum Gasteiger partial charge on any atom is 0.255 e. The zero-order chi connectivity index (χ0) is 24.1. The quantitative estimate of drug-likeness (QED) is 0.553. The Labute approximate surface area is 199 Å². The molecular formula is C24H29N5O4S. The SMILES string of the molecule is COc1ccc(S(=O)(=O)N2CCCCCC2)cc1C(=O)NC(C)c1ccc(-n2cncn2)cc1. The normalized spacial score (nSPS) is 15.9. The summed E-state index contributed by atoms with van der Waals surface area (Å²) in [7, 11) is -2.23. The second-order valence-electron chi connectivity index (χ2n) is 8.31.